The van der Waals surface area contributed by atoms with Crippen molar-refractivity contribution >= 4 is 41.1 Å². The molecule has 0 saturated carbocycles. The average Bonchev–Trinajstić information content (AvgIpc) is 2.94. The van der Waals surface area contributed by atoms with Crippen LogP contribution in [0, 0.1) is 5.92 Å². The van der Waals surface area contributed by atoms with E-state index in [9.17, 15) is 4.79 Å². The molecule has 37 heavy (non-hydrogen) atoms. The average molecular weight is 516 g/mol. The second-order valence-corrected chi connectivity index (χ2v) is 9.69. The molecule has 0 aliphatic rings. The van der Waals surface area contributed by atoms with Crippen LogP contribution in [0.3, 0.4) is 0 Å². The van der Waals surface area contributed by atoms with Crippen molar-refractivity contribution in [3.05, 3.63) is 72.3 Å². The number of para-hydroxylation sites is 1. The molecule has 3 heterocycles. The number of carbonyl (C=O) groups is 1. The first kappa shape index (κ1) is 26.3. The molecule has 0 saturated heterocycles. The third kappa shape index (κ3) is 5.99. The number of aromatic nitrogens is 4. The molecule has 0 fully saturated rings. The Morgan fingerprint density at radius 3 is 2.57 bits per heavy atom. The molecule has 9 heteroatoms. The highest BCUT2D eigenvalue weighted by molar-refractivity contribution is 7.81. The molecule has 1 amide bonds. The molecule has 3 aromatic heterocycles. The molecule has 0 radical (unpaired) electrons. The quantitative estimate of drug-likeness (QED) is 0.220. The normalized spacial score (nSPS) is 13.5. The van der Waals surface area contributed by atoms with Gasteiger partial charge in [-0.05, 0) is 42.5 Å². The van der Waals surface area contributed by atoms with Crippen molar-refractivity contribution < 1.29 is 4.79 Å². The largest absolute Gasteiger partial charge is 0.370 e. The van der Waals surface area contributed by atoms with E-state index in [1.807, 2.05) is 43.5 Å². The fraction of sp³-hybridized carbons (Fsp3) is 0.321. The number of carbonyl (C=O) groups excluding carboxylic acids is 1. The van der Waals surface area contributed by atoms with E-state index in [0.717, 1.165) is 45.9 Å². The van der Waals surface area contributed by atoms with Gasteiger partial charge in [-0.3, -0.25) is 9.78 Å². The van der Waals surface area contributed by atoms with E-state index < -0.39 is 0 Å². The first-order chi connectivity index (χ1) is 17.9. The molecule has 0 aliphatic heterocycles. The first-order valence-electron chi connectivity index (χ1n) is 12.5. The van der Waals surface area contributed by atoms with Gasteiger partial charge in [-0.25, -0.2) is 15.0 Å². The van der Waals surface area contributed by atoms with Gasteiger partial charge in [-0.15, -0.1) is 0 Å². The van der Waals surface area contributed by atoms with Gasteiger partial charge in [-0.1, -0.05) is 32.0 Å². The molecule has 8 nitrogen and oxygen atoms in total. The van der Waals surface area contributed by atoms with E-state index in [2.05, 4.69) is 55.8 Å². The van der Waals surface area contributed by atoms with Crippen molar-refractivity contribution in [1.82, 2.24) is 25.3 Å². The summed E-state index contributed by atoms with van der Waals surface area (Å²) in [6.07, 6.45) is 5.06. The minimum absolute atomic E-state index is 0.0480. The van der Waals surface area contributed by atoms with Gasteiger partial charge in [0.2, 0.25) is 0 Å². The monoisotopic (exact) mass is 515 g/mol. The van der Waals surface area contributed by atoms with E-state index >= 15 is 0 Å². The summed E-state index contributed by atoms with van der Waals surface area (Å²) in [6.45, 7) is 7.86. The summed E-state index contributed by atoms with van der Waals surface area (Å²) < 4.78 is 0. The maximum atomic E-state index is 12.4. The summed E-state index contributed by atoms with van der Waals surface area (Å²) in [7, 11) is 1.64. The van der Waals surface area contributed by atoms with Crippen molar-refractivity contribution in [2.45, 2.75) is 31.9 Å². The molecule has 0 aliphatic carbocycles. The Morgan fingerprint density at radius 1 is 1.00 bits per heavy atom. The minimum atomic E-state index is -0.116. The fourth-order valence-corrected chi connectivity index (χ4v) is 4.70. The van der Waals surface area contributed by atoms with Gasteiger partial charge in [0.1, 0.15) is 18.0 Å². The molecule has 4 aromatic rings. The molecule has 1 aromatic carbocycles. The predicted molar refractivity (Wildman–Crippen MR) is 153 cm³/mol. The van der Waals surface area contributed by atoms with E-state index in [1.54, 1.807) is 25.6 Å². The summed E-state index contributed by atoms with van der Waals surface area (Å²) in [6, 6.07) is 13.6. The summed E-state index contributed by atoms with van der Waals surface area (Å²) in [5.74, 6) is 1.85. The Hall–Kier alpha value is -3.72. The lowest BCUT2D eigenvalue weighted by molar-refractivity contribution is 0.0964. The van der Waals surface area contributed by atoms with Crippen LogP contribution in [0.1, 0.15) is 42.6 Å². The van der Waals surface area contributed by atoms with Crippen molar-refractivity contribution in [3.8, 4) is 11.3 Å². The fourth-order valence-electron chi connectivity index (χ4n) is 4.35. The summed E-state index contributed by atoms with van der Waals surface area (Å²) in [4.78, 5) is 30.2. The second-order valence-electron chi connectivity index (χ2n) is 9.03. The van der Waals surface area contributed by atoms with Crippen LogP contribution in [-0.2, 0) is 0 Å². The van der Waals surface area contributed by atoms with Crippen LogP contribution in [0.15, 0.2) is 61.2 Å². The zero-order valence-corrected chi connectivity index (χ0v) is 22.5. The molecule has 3 N–H and O–H groups in total. The van der Waals surface area contributed by atoms with Crippen LogP contribution in [0.5, 0.6) is 0 Å². The SMILES string of the molecule is CCNc1ccc(-c2cc(NCC(S)[C@@H](C)C(C)c3cccc4c(C(=O)NC)ccnc34)ncn2)cn1. The van der Waals surface area contributed by atoms with Crippen molar-refractivity contribution in [1.29, 1.82) is 0 Å². The molecule has 192 valence electrons. The third-order valence-corrected chi connectivity index (χ3v) is 7.39. The molecule has 0 bridgehead atoms. The van der Waals surface area contributed by atoms with E-state index in [1.165, 1.54) is 0 Å². The van der Waals surface area contributed by atoms with Gasteiger partial charge in [0.05, 0.1) is 16.8 Å². The number of pyridine rings is 2. The Balaban J connectivity index is 1.46. The van der Waals surface area contributed by atoms with Gasteiger partial charge >= 0.3 is 0 Å². The van der Waals surface area contributed by atoms with Crippen molar-refractivity contribution in [2.75, 3.05) is 30.8 Å². The van der Waals surface area contributed by atoms with Crippen LogP contribution < -0.4 is 16.0 Å². The maximum Gasteiger partial charge on any atom is 0.251 e. The number of rotatable bonds is 10. The van der Waals surface area contributed by atoms with Crippen LogP contribution in [0.2, 0.25) is 0 Å². The lowest BCUT2D eigenvalue weighted by atomic mass is 9.85. The summed E-state index contributed by atoms with van der Waals surface area (Å²) in [5.41, 5.74) is 4.32. The zero-order chi connectivity index (χ0) is 26.4. The van der Waals surface area contributed by atoms with Crippen molar-refractivity contribution in [2.24, 2.45) is 5.92 Å². The summed E-state index contributed by atoms with van der Waals surface area (Å²) in [5, 5.41) is 10.2. The topological polar surface area (TPSA) is 105 Å². The van der Waals surface area contributed by atoms with Gasteiger partial charge in [-0.2, -0.15) is 12.6 Å². The van der Waals surface area contributed by atoms with Crippen LogP contribution in [-0.4, -0.2) is 51.2 Å². The van der Waals surface area contributed by atoms with Crippen molar-refractivity contribution in [3.63, 3.8) is 0 Å². The van der Waals surface area contributed by atoms with Crippen LogP contribution in [0.4, 0.5) is 11.6 Å². The number of benzene rings is 1. The Morgan fingerprint density at radius 2 is 1.84 bits per heavy atom. The van der Waals surface area contributed by atoms with Gasteiger partial charge in [0.25, 0.3) is 5.91 Å². The lowest BCUT2D eigenvalue weighted by Crippen LogP contribution is -2.26. The number of fused-ring (bicyclic) bond motifs is 1. The Bertz CT molecular complexity index is 1360. The minimum Gasteiger partial charge on any atom is -0.370 e. The van der Waals surface area contributed by atoms with Crippen LogP contribution >= 0.6 is 12.6 Å². The number of hydrogen-bond acceptors (Lipinski definition) is 8. The van der Waals surface area contributed by atoms with Gasteiger partial charge < -0.3 is 16.0 Å². The molecule has 2 unspecified atom stereocenters. The predicted octanol–water partition coefficient (Wildman–Crippen LogP) is 5.03. The number of anilines is 2. The van der Waals surface area contributed by atoms with Gasteiger partial charge in [0.15, 0.2) is 0 Å². The zero-order valence-electron chi connectivity index (χ0n) is 21.6. The maximum absolute atomic E-state index is 12.4. The molecule has 3 atom stereocenters. The first-order valence-corrected chi connectivity index (χ1v) is 13.0. The van der Waals surface area contributed by atoms with Gasteiger partial charge in [0, 0.05) is 54.8 Å². The number of nitrogens with one attached hydrogen (secondary N) is 3. The second kappa shape index (κ2) is 12.0. The number of thiol groups is 1. The van der Waals surface area contributed by atoms with Crippen LogP contribution in [0.25, 0.3) is 22.2 Å². The lowest BCUT2D eigenvalue weighted by Gasteiger charge is -2.27. The molecular weight excluding hydrogens is 482 g/mol. The smallest absolute Gasteiger partial charge is 0.251 e. The highest BCUT2D eigenvalue weighted by atomic mass is 32.1. The standard InChI is InChI=1S/C28H33N7OS/c1-5-30-25-10-9-19(14-32-25)23-13-26(35-16-34-23)33-15-24(37)18(3)17(2)20-7-6-8-21-22(28(36)29-4)11-12-31-27(20)21/h6-14,16-18,24,37H,5,15H2,1-4H3,(H,29,36)(H,30,32)(H,33,34,35)/t17?,18-,24?/m0/s1. The van der Waals surface area contributed by atoms with E-state index in [0.29, 0.717) is 12.1 Å². The third-order valence-electron chi connectivity index (χ3n) is 6.74. The summed E-state index contributed by atoms with van der Waals surface area (Å²) >= 11 is 4.93. The molecule has 0 spiro atoms. The molecular formula is C28H33N7OS. The Labute approximate surface area is 223 Å². The van der Waals surface area contributed by atoms with E-state index in [-0.39, 0.29) is 23.0 Å². The molecule has 4 rings (SSSR count). The van der Waals surface area contributed by atoms with E-state index in [4.69, 9.17) is 12.6 Å². The number of amides is 1. The Kier molecular flexibility index (Phi) is 8.55. The highest BCUT2D eigenvalue weighted by Gasteiger charge is 2.24. The number of nitrogens with zero attached hydrogens (tertiary/aromatic N) is 4. The number of hydrogen-bond donors (Lipinski definition) is 4. The highest BCUT2D eigenvalue weighted by Crippen LogP contribution is 2.33.